The van der Waals surface area contributed by atoms with Crippen molar-refractivity contribution >= 4 is 28.8 Å². The summed E-state index contributed by atoms with van der Waals surface area (Å²) in [6, 6.07) is 8.39. The van der Waals surface area contributed by atoms with Crippen LogP contribution in [0.5, 0.6) is 11.5 Å². The molecule has 1 aliphatic heterocycles. The molecule has 2 aromatic rings. The molecule has 1 atom stereocenters. The summed E-state index contributed by atoms with van der Waals surface area (Å²) >= 11 is 1.40. The second-order valence-corrected chi connectivity index (χ2v) is 6.99. The highest BCUT2D eigenvalue weighted by molar-refractivity contribution is 7.12. The Hall–Kier alpha value is -2.54. The molecule has 0 unspecified atom stereocenters. The Morgan fingerprint density at radius 2 is 1.96 bits per heavy atom. The van der Waals surface area contributed by atoms with E-state index in [1.165, 1.54) is 11.3 Å². The number of nitrogens with zero attached hydrogens (tertiary/aromatic N) is 1. The minimum atomic E-state index is -0.466. The molecule has 0 spiro atoms. The molecule has 26 heavy (non-hydrogen) atoms. The molecule has 7 heteroatoms. The zero-order valence-electron chi connectivity index (χ0n) is 14.9. The Bertz CT molecular complexity index is 776. The van der Waals surface area contributed by atoms with Gasteiger partial charge in [0.25, 0.3) is 5.91 Å². The fourth-order valence-corrected chi connectivity index (χ4v) is 3.81. The van der Waals surface area contributed by atoms with Crippen LogP contribution in [0.25, 0.3) is 0 Å². The lowest BCUT2D eigenvalue weighted by Crippen LogP contribution is -2.49. The SMILES string of the molecule is COc1ccc(NC(=O)[C@H]2CCCCN2C(=O)c2cccs2)cc1OC. The first-order valence-electron chi connectivity index (χ1n) is 8.51. The summed E-state index contributed by atoms with van der Waals surface area (Å²) in [6.45, 7) is 0.598. The van der Waals surface area contributed by atoms with Gasteiger partial charge in [-0.05, 0) is 42.8 Å². The number of thiophene rings is 1. The number of nitrogens with one attached hydrogen (secondary N) is 1. The van der Waals surface area contributed by atoms with Crippen LogP contribution < -0.4 is 14.8 Å². The molecule has 1 aromatic carbocycles. The van der Waals surface area contributed by atoms with Crippen molar-refractivity contribution in [1.29, 1.82) is 0 Å². The summed E-state index contributed by atoms with van der Waals surface area (Å²) in [5, 5.41) is 4.77. The average molecular weight is 374 g/mol. The number of amides is 2. The Balaban J connectivity index is 1.76. The molecule has 1 aromatic heterocycles. The van der Waals surface area contributed by atoms with Gasteiger partial charge in [-0.25, -0.2) is 0 Å². The van der Waals surface area contributed by atoms with Crippen LogP contribution in [0, 0.1) is 0 Å². The molecule has 138 valence electrons. The topological polar surface area (TPSA) is 67.9 Å². The summed E-state index contributed by atoms with van der Waals surface area (Å²) < 4.78 is 10.5. The van der Waals surface area contributed by atoms with Gasteiger partial charge in [0.15, 0.2) is 11.5 Å². The van der Waals surface area contributed by atoms with Gasteiger partial charge < -0.3 is 19.7 Å². The van der Waals surface area contributed by atoms with E-state index in [1.807, 2.05) is 11.4 Å². The first kappa shape index (κ1) is 18.3. The van der Waals surface area contributed by atoms with E-state index < -0.39 is 6.04 Å². The van der Waals surface area contributed by atoms with E-state index in [-0.39, 0.29) is 11.8 Å². The molecule has 1 N–H and O–H groups in total. The molecule has 0 radical (unpaired) electrons. The van der Waals surface area contributed by atoms with E-state index in [0.717, 1.165) is 12.8 Å². The Labute approximate surface area is 156 Å². The summed E-state index contributed by atoms with van der Waals surface area (Å²) in [7, 11) is 3.11. The van der Waals surface area contributed by atoms with Crippen LogP contribution in [0.2, 0.25) is 0 Å². The van der Waals surface area contributed by atoms with E-state index >= 15 is 0 Å². The fraction of sp³-hybridized carbons (Fsp3) is 0.368. The molecule has 2 heterocycles. The van der Waals surface area contributed by atoms with Gasteiger partial charge in [-0.1, -0.05) is 6.07 Å². The lowest BCUT2D eigenvalue weighted by Gasteiger charge is -2.34. The van der Waals surface area contributed by atoms with Gasteiger partial charge >= 0.3 is 0 Å². The smallest absolute Gasteiger partial charge is 0.264 e. The molecule has 1 fully saturated rings. The normalized spacial score (nSPS) is 16.8. The van der Waals surface area contributed by atoms with Gasteiger partial charge in [-0.15, -0.1) is 11.3 Å². The molecule has 1 saturated heterocycles. The number of likely N-dealkylation sites (tertiary alicyclic amines) is 1. The first-order chi connectivity index (χ1) is 12.6. The van der Waals surface area contributed by atoms with Crippen molar-refractivity contribution in [2.45, 2.75) is 25.3 Å². The number of hydrogen-bond acceptors (Lipinski definition) is 5. The van der Waals surface area contributed by atoms with Gasteiger partial charge in [0.2, 0.25) is 5.91 Å². The van der Waals surface area contributed by atoms with E-state index in [9.17, 15) is 9.59 Å². The lowest BCUT2D eigenvalue weighted by molar-refractivity contribution is -0.121. The molecule has 0 bridgehead atoms. The fourth-order valence-electron chi connectivity index (χ4n) is 3.13. The number of carbonyl (C=O) groups is 2. The van der Waals surface area contributed by atoms with E-state index in [1.54, 1.807) is 43.4 Å². The number of piperidine rings is 1. The first-order valence-corrected chi connectivity index (χ1v) is 9.39. The average Bonchev–Trinajstić information content (AvgIpc) is 3.22. The molecular weight excluding hydrogens is 352 g/mol. The molecule has 2 amide bonds. The van der Waals surface area contributed by atoms with Crippen LogP contribution in [0.4, 0.5) is 5.69 Å². The maximum Gasteiger partial charge on any atom is 0.264 e. The standard InChI is InChI=1S/C19H22N2O4S/c1-24-15-9-8-13(12-16(15)25-2)20-18(22)14-6-3-4-10-21(14)19(23)17-7-5-11-26-17/h5,7-9,11-12,14H,3-4,6,10H2,1-2H3,(H,20,22)/t14-/m1/s1. The van der Waals surface area contributed by atoms with Crippen molar-refractivity contribution < 1.29 is 19.1 Å². The summed E-state index contributed by atoms with van der Waals surface area (Å²) in [5.74, 6) is 0.882. The summed E-state index contributed by atoms with van der Waals surface area (Å²) in [5.41, 5.74) is 0.613. The zero-order chi connectivity index (χ0) is 18.5. The van der Waals surface area contributed by atoms with Gasteiger partial charge in [-0.2, -0.15) is 0 Å². The van der Waals surface area contributed by atoms with Crippen LogP contribution in [0.3, 0.4) is 0 Å². The van der Waals surface area contributed by atoms with Crippen molar-refractivity contribution in [3.05, 3.63) is 40.6 Å². The van der Waals surface area contributed by atoms with Crippen LogP contribution in [0.1, 0.15) is 28.9 Å². The summed E-state index contributed by atoms with van der Waals surface area (Å²) in [4.78, 5) is 27.9. The van der Waals surface area contributed by atoms with Gasteiger partial charge in [-0.3, -0.25) is 9.59 Å². The van der Waals surface area contributed by atoms with E-state index in [4.69, 9.17) is 9.47 Å². The van der Waals surface area contributed by atoms with Crippen LogP contribution in [-0.2, 0) is 4.79 Å². The molecule has 0 saturated carbocycles. The zero-order valence-corrected chi connectivity index (χ0v) is 15.7. The third-order valence-electron chi connectivity index (χ3n) is 4.45. The largest absolute Gasteiger partial charge is 0.493 e. The number of hydrogen-bond donors (Lipinski definition) is 1. The minimum absolute atomic E-state index is 0.0767. The molecule has 0 aliphatic carbocycles. The molecule has 6 nitrogen and oxygen atoms in total. The van der Waals surface area contributed by atoms with Crippen molar-refractivity contribution in [1.82, 2.24) is 4.90 Å². The number of benzene rings is 1. The van der Waals surface area contributed by atoms with Crippen molar-refractivity contribution in [2.24, 2.45) is 0 Å². The second kappa shape index (κ2) is 8.23. The van der Waals surface area contributed by atoms with Gasteiger partial charge in [0.1, 0.15) is 6.04 Å². The number of rotatable bonds is 5. The number of carbonyl (C=O) groups excluding carboxylic acids is 2. The van der Waals surface area contributed by atoms with Crippen LogP contribution in [0.15, 0.2) is 35.7 Å². The van der Waals surface area contributed by atoms with E-state index in [0.29, 0.717) is 35.0 Å². The van der Waals surface area contributed by atoms with Crippen molar-refractivity contribution in [3.63, 3.8) is 0 Å². The highest BCUT2D eigenvalue weighted by Crippen LogP contribution is 2.30. The third kappa shape index (κ3) is 3.83. The highest BCUT2D eigenvalue weighted by atomic mass is 32.1. The predicted molar refractivity (Wildman–Crippen MR) is 101 cm³/mol. The second-order valence-electron chi connectivity index (χ2n) is 6.05. The Kier molecular flexibility index (Phi) is 5.78. The molecule has 1 aliphatic rings. The van der Waals surface area contributed by atoms with E-state index in [2.05, 4.69) is 5.32 Å². The molecule has 3 rings (SSSR count). The quantitative estimate of drug-likeness (QED) is 0.871. The van der Waals surface area contributed by atoms with Gasteiger partial charge in [0.05, 0.1) is 19.1 Å². The monoisotopic (exact) mass is 374 g/mol. The van der Waals surface area contributed by atoms with Crippen molar-refractivity contribution in [3.8, 4) is 11.5 Å². The summed E-state index contributed by atoms with van der Waals surface area (Å²) in [6.07, 6.45) is 2.51. The third-order valence-corrected chi connectivity index (χ3v) is 5.31. The molecular formula is C19H22N2O4S. The minimum Gasteiger partial charge on any atom is -0.493 e. The van der Waals surface area contributed by atoms with Crippen LogP contribution in [-0.4, -0.2) is 43.5 Å². The Morgan fingerprint density at radius 1 is 1.15 bits per heavy atom. The highest BCUT2D eigenvalue weighted by Gasteiger charge is 2.33. The predicted octanol–water partition coefficient (Wildman–Crippen LogP) is 3.40. The number of anilines is 1. The Morgan fingerprint density at radius 3 is 2.65 bits per heavy atom. The maximum absolute atomic E-state index is 12.8. The number of methoxy groups -OCH3 is 2. The van der Waals surface area contributed by atoms with Crippen LogP contribution >= 0.6 is 11.3 Å². The van der Waals surface area contributed by atoms with Crippen molar-refractivity contribution in [2.75, 3.05) is 26.1 Å². The lowest BCUT2D eigenvalue weighted by atomic mass is 10.0. The maximum atomic E-state index is 12.8. The number of ether oxygens (including phenoxy) is 2. The van der Waals surface area contributed by atoms with Gasteiger partial charge in [0, 0.05) is 18.3 Å².